The van der Waals surface area contributed by atoms with Crippen LogP contribution in [-0.4, -0.2) is 31.0 Å². The van der Waals surface area contributed by atoms with Crippen LogP contribution in [0.3, 0.4) is 0 Å². The molecule has 0 atom stereocenters. The number of amides is 1. The summed E-state index contributed by atoms with van der Waals surface area (Å²) in [7, 11) is 1.53. The molecule has 1 N–H and O–H groups in total. The van der Waals surface area contributed by atoms with Crippen molar-refractivity contribution in [1.29, 1.82) is 0 Å². The molecule has 4 aromatic rings. The highest BCUT2D eigenvalue weighted by Crippen LogP contribution is 2.32. The van der Waals surface area contributed by atoms with Crippen LogP contribution in [0, 0.1) is 10.1 Å². The molecule has 0 saturated carbocycles. The summed E-state index contributed by atoms with van der Waals surface area (Å²) in [5.74, 6) is 0.507. The third-order valence-electron chi connectivity index (χ3n) is 6.24. The van der Waals surface area contributed by atoms with Crippen molar-refractivity contribution in [2.45, 2.75) is 12.8 Å². The van der Waals surface area contributed by atoms with Crippen molar-refractivity contribution in [3.05, 3.63) is 92.6 Å². The lowest BCUT2D eigenvalue weighted by Gasteiger charge is -2.17. The predicted molar refractivity (Wildman–Crippen MR) is 137 cm³/mol. The highest BCUT2D eigenvalue weighted by molar-refractivity contribution is 6.05. The Morgan fingerprint density at radius 3 is 2.47 bits per heavy atom. The molecule has 5 rings (SSSR count). The van der Waals surface area contributed by atoms with Gasteiger partial charge >= 0.3 is 0 Å². The number of hydrogen-bond donors (Lipinski definition) is 1. The van der Waals surface area contributed by atoms with Crippen LogP contribution in [0.2, 0.25) is 0 Å². The molecule has 1 amide bonds. The fourth-order valence-electron chi connectivity index (χ4n) is 4.36. The Morgan fingerprint density at radius 2 is 1.78 bits per heavy atom. The zero-order valence-corrected chi connectivity index (χ0v) is 19.5. The SMILES string of the molecule is COc1ccc2oc(-c3ccc(NC(=O)c4ccc(N5CCCC5)c([N+](=O)[O-])c4)cc3)cc(=O)c2c1. The highest BCUT2D eigenvalue weighted by atomic mass is 16.6. The normalized spacial score (nSPS) is 13.1. The molecule has 0 unspecified atom stereocenters. The van der Waals surface area contributed by atoms with E-state index in [0.29, 0.717) is 39.4 Å². The van der Waals surface area contributed by atoms with Crippen molar-refractivity contribution in [1.82, 2.24) is 0 Å². The molecule has 1 aliphatic rings. The van der Waals surface area contributed by atoms with Crippen LogP contribution >= 0.6 is 0 Å². The number of ether oxygens (including phenoxy) is 1. The molecule has 1 fully saturated rings. The maximum Gasteiger partial charge on any atom is 0.293 e. The lowest BCUT2D eigenvalue weighted by Crippen LogP contribution is -2.19. The number of fused-ring (bicyclic) bond motifs is 1. The molecule has 2 heterocycles. The molecule has 0 bridgehead atoms. The average molecular weight is 485 g/mol. The van der Waals surface area contributed by atoms with Gasteiger partial charge in [-0.1, -0.05) is 0 Å². The number of anilines is 2. The summed E-state index contributed by atoms with van der Waals surface area (Å²) in [6, 6.07) is 17.8. The molecule has 1 saturated heterocycles. The number of rotatable bonds is 6. The first-order valence-corrected chi connectivity index (χ1v) is 11.5. The lowest BCUT2D eigenvalue weighted by molar-refractivity contribution is -0.384. The molecule has 9 nitrogen and oxygen atoms in total. The second-order valence-electron chi connectivity index (χ2n) is 8.52. The van der Waals surface area contributed by atoms with Gasteiger partial charge in [-0.05, 0) is 67.4 Å². The van der Waals surface area contributed by atoms with Crippen LogP contribution in [-0.2, 0) is 0 Å². The van der Waals surface area contributed by atoms with Gasteiger partial charge in [-0.2, -0.15) is 0 Å². The second kappa shape index (κ2) is 9.53. The highest BCUT2D eigenvalue weighted by Gasteiger charge is 2.24. The third kappa shape index (κ3) is 4.50. The summed E-state index contributed by atoms with van der Waals surface area (Å²) in [5.41, 5.74) is 2.06. The van der Waals surface area contributed by atoms with Gasteiger partial charge in [0.05, 0.1) is 17.4 Å². The van der Waals surface area contributed by atoms with Crippen LogP contribution in [0.5, 0.6) is 5.75 Å². The molecule has 0 aliphatic carbocycles. The van der Waals surface area contributed by atoms with Crippen molar-refractivity contribution in [3.8, 4) is 17.1 Å². The van der Waals surface area contributed by atoms with E-state index in [0.717, 1.165) is 25.9 Å². The van der Waals surface area contributed by atoms with Gasteiger partial charge in [-0.3, -0.25) is 19.7 Å². The van der Waals surface area contributed by atoms with Crippen molar-refractivity contribution >= 4 is 33.9 Å². The van der Waals surface area contributed by atoms with E-state index in [9.17, 15) is 19.7 Å². The van der Waals surface area contributed by atoms with Gasteiger partial charge in [-0.25, -0.2) is 0 Å². The Balaban J connectivity index is 1.35. The Morgan fingerprint density at radius 1 is 1.03 bits per heavy atom. The summed E-state index contributed by atoms with van der Waals surface area (Å²) in [5, 5.41) is 14.8. The average Bonchev–Trinajstić information content (AvgIpc) is 3.43. The number of nitrogens with zero attached hydrogens (tertiary/aromatic N) is 2. The molecule has 1 aromatic heterocycles. The van der Waals surface area contributed by atoms with Gasteiger partial charge < -0.3 is 19.4 Å². The van der Waals surface area contributed by atoms with Crippen LogP contribution in [0.25, 0.3) is 22.3 Å². The molecule has 9 heteroatoms. The van der Waals surface area contributed by atoms with Crippen LogP contribution in [0.4, 0.5) is 17.1 Å². The molecule has 1 aliphatic heterocycles. The Labute approximate surface area is 206 Å². The van der Waals surface area contributed by atoms with E-state index in [1.807, 2.05) is 4.90 Å². The topological polar surface area (TPSA) is 115 Å². The monoisotopic (exact) mass is 485 g/mol. The Hall–Kier alpha value is -4.66. The maximum absolute atomic E-state index is 12.8. The summed E-state index contributed by atoms with van der Waals surface area (Å²) in [6.07, 6.45) is 1.99. The van der Waals surface area contributed by atoms with E-state index < -0.39 is 10.8 Å². The van der Waals surface area contributed by atoms with Gasteiger partial charge in [0.15, 0.2) is 5.43 Å². The van der Waals surface area contributed by atoms with Gasteiger partial charge in [0.1, 0.15) is 22.8 Å². The predicted octanol–water partition coefficient (Wildman–Crippen LogP) is 5.23. The van der Waals surface area contributed by atoms with E-state index in [4.69, 9.17) is 9.15 Å². The summed E-state index contributed by atoms with van der Waals surface area (Å²) >= 11 is 0. The lowest BCUT2D eigenvalue weighted by atomic mass is 10.1. The number of benzene rings is 3. The van der Waals surface area contributed by atoms with Crippen LogP contribution in [0.15, 0.2) is 75.9 Å². The minimum Gasteiger partial charge on any atom is -0.497 e. The summed E-state index contributed by atoms with van der Waals surface area (Å²) in [4.78, 5) is 38.5. The number of carbonyl (C=O) groups excluding carboxylic acids is 1. The van der Waals surface area contributed by atoms with Gasteiger partial charge in [0.25, 0.3) is 11.6 Å². The first-order valence-electron chi connectivity index (χ1n) is 11.5. The largest absolute Gasteiger partial charge is 0.497 e. The van der Waals surface area contributed by atoms with E-state index >= 15 is 0 Å². The minimum atomic E-state index is -0.454. The zero-order chi connectivity index (χ0) is 25.2. The summed E-state index contributed by atoms with van der Waals surface area (Å²) in [6.45, 7) is 1.54. The van der Waals surface area contributed by atoms with Gasteiger partial charge in [0, 0.05) is 42.0 Å². The van der Waals surface area contributed by atoms with E-state index in [-0.39, 0.29) is 16.7 Å². The van der Waals surface area contributed by atoms with Crippen LogP contribution in [0.1, 0.15) is 23.2 Å². The number of methoxy groups -OCH3 is 1. The van der Waals surface area contributed by atoms with E-state index in [1.165, 1.54) is 19.2 Å². The fraction of sp³-hybridized carbons (Fsp3) is 0.185. The Kier molecular flexibility index (Phi) is 6.12. The standard InChI is InChI=1S/C27H23N3O6/c1-35-20-9-11-25-21(15-20)24(31)16-26(36-25)17-4-7-19(8-5-17)28-27(32)18-6-10-22(23(14-18)30(33)34)29-12-2-3-13-29/h4-11,14-16H,2-3,12-13H2,1H3,(H,28,32). The van der Waals surface area contributed by atoms with Crippen molar-refractivity contribution < 1.29 is 18.9 Å². The van der Waals surface area contributed by atoms with Gasteiger partial charge in [0.2, 0.25) is 0 Å². The maximum atomic E-state index is 12.8. The number of nitro groups is 1. The van der Waals surface area contributed by atoms with Crippen molar-refractivity contribution in [2.75, 3.05) is 30.4 Å². The second-order valence-corrected chi connectivity index (χ2v) is 8.52. The number of hydrogen-bond acceptors (Lipinski definition) is 7. The van der Waals surface area contributed by atoms with Crippen molar-refractivity contribution in [2.24, 2.45) is 0 Å². The number of nitrogens with one attached hydrogen (secondary N) is 1. The van der Waals surface area contributed by atoms with Crippen LogP contribution < -0.4 is 20.4 Å². The summed E-state index contributed by atoms with van der Waals surface area (Å²) < 4.78 is 11.1. The zero-order valence-electron chi connectivity index (χ0n) is 19.5. The smallest absolute Gasteiger partial charge is 0.293 e. The van der Waals surface area contributed by atoms with Crippen molar-refractivity contribution in [3.63, 3.8) is 0 Å². The molecule has 3 aromatic carbocycles. The Bertz CT molecular complexity index is 1520. The molecule has 0 spiro atoms. The fourth-order valence-corrected chi connectivity index (χ4v) is 4.36. The molecular weight excluding hydrogens is 462 g/mol. The quantitative estimate of drug-likeness (QED) is 0.294. The molecule has 182 valence electrons. The van der Waals surface area contributed by atoms with Gasteiger partial charge in [-0.15, -0.1) is 0 Å². The van der Waals surface area contributed by atoms with E-state index in [2.05, 4.69) is 5.32 Å². The van der Waals surface area contributed by atoms with E-state index in [1.54, 1.807) is 54.6 Å². The minimum absolute atomic E-state index is 0.0798. The first kappa shape index (κ1) is 23.1. The molecular formula is C27H23N3O6. The molecule has 0 radical (unpaired) electrons. The molecule has 36 heavy (non-hydrogen) atoms. The number of nitro benzene ring substituents is 1. The first-order chi connectivity index (χ1) is 17.4. The third-order valence-corrected chi connectivity index (χ3v) is 6.24. The number of carbonyl (C=O) groups is 1.